The van der Waals surface area contributed by atoms with Crippen LogP contribution < -0.4 is 10.1 Å². The van der Waals surface area contributed by atoms with Gasteiger partial charge in [0.05, 0.1) is 17.9 Å². The molecule has 0 atom stereocenters. The smallest absolute Gasteiger partial charge is 0.140 e. The highest BCUT2D eigenvalue weighted by molar-refractivity contribution is 5.25. The maximum absolute atomic E-state index is 5.66. The lowest BCUT2D eigenvalue weighted by Gasteiger charge is -2.07. The molecule has 2 heterocycles. The summed E-state index contributed by atoms with van der Waals surface area (Å²) in [5.74, 6) is 0.815. The van der Waals surface area contributed by atoms with Crippen LogP contribution in [0.25, 0.3) is 0 Å². The molecular formula is C13H19N5O. The molecule has 102 valence electrons. The molecule has 0 saturated heterocycles. The first-order valence-electron chi connectivity index (χ1n) is 6.43. The predicted molar refractivity (Wildman–Crippen MR) is 71.9 cm³/mol. The molecule has 0 bridgehead atoms. The molecule has 19 heavy (non-hydrogen) atoms. The van der Waals surface area contributed by atoms with Crippen molar-refractivity contribution in [2.24, 2.45) is 0 Å². The van der Waals surface area contributed by atoms with E-state index < -0.39 is 0 Å². The van der Waals surface area contributed by atoms with Crippen LogP contribution in [0.3, 0.4) is 0 Å². The zero-order chi connectivity index (χ0) is 13.5. The third-order valence-electron chi connectivity index (χ3n) is 2.68. The van der Waals surface area contributed by atoms with E-state index in [9.17, 15) is 0 Å². The van der Waals surface area contributed by atoms with Crippen molar-refractivity contribution in [2.75, 3.05) is 13.2 Å². The van der Waals surface area contributed by atoms with Crippen molar-refractivity contribution >= 4 is 0 Å². The zero-order valence-corrected chi connectivity index (χ0v) is 11.3. The summed E-state index contributed by atoms with van der Waals surface area (Å²) < 4.78 is 7.45. The molecule has 0 radical (unpaired) electrons. The highest BCUT2D eigenvalue weighted by Crippen LogP contribution is 2.13. The number of pyridine rings is 1. The Morgan fingerprint density at radius 2 is 2.32 bits per heavy atom. The van der Waals surface area contributed by atoms with Crippen LogP contribution in [0.5, 0.6) is 5.75 Å². The molecule has 0 aromatic carbocycles. The average Bonchev–Trinajstić information content (AvgIpc) is 2.86. The van der Waals surface area contributed by atoms with Gasteiger partial charge in [-0.05, 0) is 25.6 Å². The Balaban J connectivity index is 1.79. The topological polar surface area (TPSA) is 64.9 Å². The minimum absolute atomic E-state index is 0.552. The van der Waals surface area contributed by atoms with Crippen LogP contribution in [-0.4, -0.2) is 33.1 Å². The van der Waals surface area contributed by atoms with Gasteiger partial charge in [-0.15, -0.1) is 5.10 Å². The Morgan fingerprint density at radius 1 is 1.42 bits per heavy atom. The molecule has 1 N–H and O–H groups in total. The monoisotopic (exact) mass is 261 g/mol. The summed E-state index contributed by atoms with van der Waals surface area (Å²) in [5, 5.41) is 11.3. The zero-order valence-electron chi connectivity index (χ0n) is 11.3. The molecule has 2 rings (SSSR count). The van der Waals surface area contributed by atoms with Gasteiger partial charge in [-0.3, -0.25) is 4.98 Å². The lowest BCUT2D eigenvalue weighted by Crippen LogP contribution is -2.12. The van der Waals surface area contributed by atoms with Crippen molar-refractivity contribution in [1.29, 1.82) is 0 Å². The van der Waals surface area contributed by atoms with Crippen molar-refractivity contribution in [3.8, 4) is 5.75 Å². The van der Waals surface area contributed by atoms with E-state index in [1.807, 2.05) is 25.3 Å². The summed E-state index contributed by atoms with van der Waals surface area (Å²) in [6.07, 6.45) is 3.69. The molecule has 6 nitrogen and oxygen atoms in total. The van der Waals surface area contributed by atoms with Crippen molar-refractivity contribution in [1.82, 2.24) is 25.3 Å². The van der Waals surface area contributed by atoms with Crippen molar-refractivity contribution < 1.29 is 4.74 Å². The molecule has 0 fully saturated rings. The molecular weight excluding hydrogens is 242 g/mol. The number of rotatable bonds is 7. The Morgan fingerprint density at radius 3 is 3.11 bits per heavy atom. The van der Waals surface area contributed by atoms with Gasteiger partial charge >= 0.3 is 0 Å². The highest BCUT2D eigenvalue weighted by atomic mass is 16.5. The second-order valence-corrected chi connectivity index (χ2v) is 4.19. The standard InChI is InChI=1S/C13H19N5O/c1-3-14-9-12-10-18(17-16-12)7-8-19-13-5-4-6-15-11(13)2/h4-6,10,14H,3,7-9H2,1-2H3. The second kappa shape index (κ2) is 6.84. The molecule has 6 heteroatoms. The molecule has 2 aromatic heterocycles. The summed E-state index contributed by atoms with van der Waals surface area (Å²) in [7, 11) is 0. The van der Waals surface area contributed by atoms with Crippen LogP contribution in [0.4, 0.5) is 0 Å². The van der Waals surface area contributed by atoms with Crippen LogP contribution in [0, 0.1) is 6.92 Å². The molecule has 0 aliphatic rings. The number of nitrogens with zero attached hydrogens (tertiary/aromatic N) is 4. The van der Waals surface area contributed by atoms with Gasteiger partial charge in [0, 0.05) is 18.9 Å². The summed E-state index contributed by atoms with van der Waals surface area (Å²) in [6, 6.07) is 3.78. The predicted octanol–water partition coefficient (Wildman–Crippen LogP) is 1.17. The molecule has 0 amide bonds. The van der Waals surface area contributed by atoms with Gasteiger partial charge in [-0.2, -0.15) is 0 Å². The van der Waals surface area contributed by atoms with Crippen molar-refractivity contribution in [2.45, 2.75) is 26.9 Å². The first kappa shape index (κ1) is 13.5. The fourth-order valence-electron chi connectivity index (χ4n) is 1.65. The average molecular weight is 261 g/mol. The maximum atomic E-state index is 5.66. The first-order valence-corrected chi connectivity index (χ1v) is 6.43. The molecule has 0 saturated carbocycles. The van der Waals surface area contributed by atoms with E-state index in [0.717, 1.165) is 30.2 Å². The summed E-state index contributed by atoms with van der Waals surface area (Å²) in [6.45, 7) is 6.90. The van der Waals surface area contributed by atoms with E-state index in [-0.39, 0.29) is 0 Å². The van der Waals surface area contributed by atoms with Crippen LogP contribution >= 0.6 is 0 Å². The Bertz CT molecular complexity index is 511. The quantitative estimate of drug-likeness (QED) is 0.810. The Kier molecular flexibility index (Phi) is 4.85. The minimum atomic E-state index is 0.552. The van der Waals surface area contributed by atoms with Gasteiger partial charge in [0.25, 0.3) is 0 Å². The highest BCUT2D eigenvalue weighted by Gasteiger charge is 2.02. The number of nitrogens with one attached hydrogen (secondary N) is 1. The van der Waals surface area contributed by atoms with Gasteiger partial charge < -0.3 is 10.1 Å². The number of hydrogen-bond donors (Lipinski definition) is 1. The largest absolute Gasteiger partial charge is 0.490 e. The third kappa shape index (κ3) is 4.03. The fraction of sp³-hybridized carbons (Fsp3) is 0.462. The molecule has 0 aliphatic heterocycles. The van der Waals surface area contributed by atoms with E-state index in [4.69, 9.17) is 4.74 Å². The Hall–Kier alpha value is -1.95. The lowest BCUT2D eigenvalue weighted by molar-refractivity contribution is 0.286. The summed E-state index contributed by atoms with van der Waals surface area (Å²) in [4.78, 5) is 4.17. The van der Waals surface area contributed by atoms with Crippen LogP contribution in [0.15, 0.2) is 24.5 Å². The summed E-state index contributed by atoms with van der Waals surface area (Å²) in [5.41, 5.74) is 1.84. The van der Waals surface area contributed by atoms with E-state index >= 15 is 0 Å². The molecule has 0 spiro atoms. The number of aryl methyl sites for hydroxylation is 1. The second-order valence-electron chi connectivity index (χ2n) is 4.19. The normalized spacial score (nSPS) is 10.6. The minimum Gasteiger partial charge on any atom is -0.490 e. The van der Waals surface area contributed by atoms with Crippen LogP contribution in [-0.2, 0) is 13.1 Å². The van der Waals surface area contributed by atoms with Crippen LogP contribution in [0.2, 0.25) is 0 Å². The lowest BCUT2D eigenvalue weighted by atomic mass is 10.3. The third-order valence-corrected chi connectivity index (χ3v) is 2.68. The number of aromatic nitrogens is 4. The molecule has 2 aromatic rings. The van der Waals surface area contributed by atoms with Gasteiger partial charge in [0.1, 0.15) is 12.4 Å². The van der Waals surface area contributed by atoms with E-state index in [0.29, 0.717) is 13.2 Å². The molecule has 0 unspecified atom stereocenters. The van der Waals surface area contributed by atoms with Gasteiger partial charge in [-0.1, -0.05) is 12.1 Å². The SMILES string of the molecule is CCNCc1cn(CCOc2cccnc2C)nn1. The van der Waals surface area contributed by atoms with E-state index in [1.165, 1.54) is 0 Å². The van der Waals surface area contributed by atoms with E-state index in [2.05, 4.69) is 27.5 Å². The maximum Gasteiger partial charge on any atom is 0.140 e. The van der Waals surface area contributed by atoms with Gasteiger partial charge in [0.2, 0.25) is 0 Å². The van der Waals surface area contributed by atoms with Crippen molar-refractivity contribution in [3.63, 3.8) is 0 Å². The fourth-order valence-corrected chi connectivity index (χ4v) is 1.65. The summed E-state index contributed by atoms with van der Waals surface area (Å²) >= 11 is 0. The molecule has 0 aliphatic carbocycles. The van der Waals surface area contributed by atoms with Crippen LogP contribution in [0.1, 0.15) is 18.3 Å². The number of ether oxygens (including phenoxy) is 1. The van der Waals surface area contributed by atoms with Crippen molar-refractivity contribution in [3.05, 3.63) is 35.9 Å². The van der Waals surface area contributed by atoms with Gasteiger partial charge in [0.15, 0.2) is 0 Å². The van der Waals surface area contributed by atoms with Gasteiger partial charge in [-0.25, -0.2) is 4.68 Å². The van der Waals surface area contributed by atoms with E-state index in [1.54, 1.807) is 10.9 Å². The first-order chi connectivity index (χ1) is 9.29. The number of hydrogen-bond acceptors (Lipinski definition) is 5. The Labute approximate surface area is 112 Å².